The Labute approximate surface area is 218 Å². The van der Waals surface area contributed by atoms with Crippen LogP contribution in [0.1, 0.15) is 134 Å². The first-order valence-corrected chi connectivity index (χ1v) is 14.3. The molecule has 0 fully saturated rings. The number of hydrogen-bond donors (Lipinski definition) is 0. The number of aryl methyl sites for hydroxylation is 1. The van der Waals surface area contributed by atoms with Crippen LogP contribution in [0.15, 0.2) is 60.7 Å². The zero-order valence-electron chi connectivity index (χ0n) is 26.1. The quantitative estimate of drug-likeness (QED) is 0.359. The Kier molecular flexibility index (Phi) is 77.6. The van der Waals surface area contributed by atoms with Crippen molar-refractivity contribution in [2.75, 3.05) is 7.11 Å². The van der Waals surface area contributed by atoms with Crippen molar-refractivity contribution < 1.29 is 4.74 Å². The van der Waals surface area contributed by atoms with Crippen molar-refractivity contribution in [3.05, 3.63) is 66.2 Å². The lowest BCUT2D eigenvalue weighted by atomic mass is 10.1. The molecule has 0 bridgehead atoms. The van der Waals surface area contributed by atoms with Crippen LogP contribution in [-0.4, -0.2) is 7.11 Å². The summed E-state index contributed by atoms with van der Waals surface area (Å²) in [5.74, 6) is 0.910. The highest BCUT2D eigenvalue weighted by atomic mass is 16.5. The highest BCUT2D eigenvalue weighted by molar-refractivity contribution is 5.20. The average Bonchev–Trinajstić information content (AvgIpc) is 2.96. The topological polar surface area (TPSA) is 9.23 Å². The predicted octanol–water partition coefficient (Wildman–Crippen LogP) is 12.6. The SMILES string of the molecule is CC.CC.CC.CC.CC.CCCCCCCCC.COc1ccccc1.Cc1ccccc1. The third kappa shape index (κ3) is 52.3. The number of methoxy groups -OCH3 is 1. The van der Waals surface area contributed by atoms with E-state index < -0.39 is 0 Å². The molecule has 0 saturated carbocycles. The molecule has 0 atom stereocenters. The smallest absolute Gasteiger partial charge is 0.118 e. The van der Waals surface area contributed by atoms with Gasteiger partial charge < -0.3 is 4.74 Å². The molecule has 0 saturated heterocycles. The standard InChI is InChI=1S/C9H20.C7H8O.C7H8.5C2H6/c1-3-5-7-9-8-6-4-2;1-8-7-5-3-2-4-6-7;1-7-5-3-2-4-6-7;5*1-2/h3-9H2,1-2H3;2-6H,1H3;2-6H,1H3;5*1-2H3. The van der Waals surface area contributed by atoms with Crippen molar-refractivity contribution >= 4 is 0 Å². The van der Waals surface area contributed by atoms with Gasteiger partial charge in [0.2, 0.25) is 0 Å². The summed E-state index contributed by atoms with van der Waals surface area (Å²) in [6.07, 6.45) is 9.97. The van der Waals surface area contributed by atoms with Gasteiger partial charge in [-0.2, -0.15) is 0 Å². The second kappa shape index (κ2) is 57.8. The zero-order chi connectivity index (χ0) is 27.9. The van der Waals surface area contributed by atoms with Crippen LogP contribution in [0.5, 0.6) is 5.75 Å². The highest BCUT2D eigenvalue weighted by Crippen LogP contribution is 2.06. The van der Waals surface area contributed by atoms with Crippen LogP contribution in [0.2, 0.25) is 0 Å². The molecule has 204 valence electrons. The highest BCUT2D eigenvalue weighted by Gasteiger charge is 1.85. The van der Waals surface area contributed by atoms with Crippen LogP contribution < -0.4 is 4.74 Å². The van der Waals surface area contributed by atoms with Crippen molar-refractivity contribution in [1.29, 1.82) is 0 Å². The minimum Gasteiger partial charge on any atom is -0.497 e. The molecule has 34 heavy (non-hydrogen) atoms. The van der Waals surface area contributed by atoms with Gasteiger partial charge in [-0.1, -0.05) is 182 Å². The Hall–Kier alpha value is -1.76. The maximum Gasteiger partial charge on any atom is 0.118 e. The summed E-state index contributed by atoms with van der Waals surface area (Å²) in [6, 6.07) is 19.9. The second-order valence-corrected chi connectivity index (χ2v) is 5.94. The minimum absolute atomic E-state index is 0.910. The molecule has 0 unspecified atom stereocenters. The molecule has 0 aliphatic rings. The van der Waals surface area contributed by atoms with Crippen molar-refractivity contribution in [2.45, 2.75) is 135 Å². The molecule has 0 heterocycles. The first-order chi connectivity index (χ1) is 16.7. The maximum atomic E-state index is 4.91. The first kappa shape index (κ1) is 45.7. The summed E-state index contributed by atoms with van der Waals surface area (Å²) in [4.78, 5) is 0. The fourth-order valence-electron chi connectivity index (χ4n) is 2.12. The Balaban J connectivity index is -0.0000000730. The minimum atomic E-state index is 0.910. The average molecular weight is 479 g/mol. The molecular formula is C33H66O. The van der Waals surface area contributed by atoms with Crippen LogP contribution in [-0.2, 0) is 0 Å². The predicted molar refractivity (Wildman–Crippen MR) is 165 cm³/mol. The number of rotatable bonds is 7. The Bertz CT molecular complexity index is 444. The lowest BCUT2D eigenvalue weighted by molar-refractivity contribution is 0.415. The summed E-state index contributed by atoms with van der Waals surface area (Å²) in [6.45, 7) is 26.6. The van der Waals surface area contributed by atoms with Gasteiger partial charge in [0.05, 0.1) is 7.11 Å². The van der Waals surface area contributed by atoms with E-state index in [4.69, 9.17) is 4.74 Å². The maximum absolute atomic E-state index is 4.91. The first-order valence-electron chi connectivity index (χ1n) is 14.3. The van der Waals surface area contributed by atoms with Gasteiger partial charge in [0.25, 0.3) is 0 Å². The van der Waals surface area contributed by atoms with Crippen molar-refractivity contribution in [3.8, 4) is 5.75 Å². The molecule has 2 rings (SSSR count). The molecule has 2 aromatic carbocycles. The van der Waals surface area contributed by atoms with Gasteiger partial charge in [0, 0.05) is 0 Å². The monoisotopic (exact) mass is 479 g/mol. The number of hydrogen-bond acceptors (Lipinski definition) is 1. The molecule has 0 N–H and O–H groups in total. The zero-order valence-corrected chi connectivity index (χ0v) is 26.1. The number of unbranched alkanes of at least 4 members (excludes halogenated alkanes) is 6. The lowest BCUT2D eigenvalue weighted by Gasteiger charge is -1.96. The summed E-state index contributed by atoms with van der Waals surface area (Å²) in [7, 11) is 1.66. The molecule has 0 aliphatic carbocycles. The Morgan fingerprint density at radius 2 is 0.765 bits per heavy atom. The summed E-state index contributed by atoms with van der Waals surface area (Å²) >= 11 is 0. The second-order valence-electron chi connectivity index (χ2n) is 5.94. The van der Waals surface area contributed by atoms with Crippen molar-refractivity contribution in [1.82, 2.24) is 0 Å². The van der Waals surface area contributed by atoms with E-state index in [9.17, 15) is 0 Å². The summed E-state index contributed by atoms with van der Waals surface area (Å²) in [5.41, 5.74) is 1.32. The number of ether oxygens (including phenoxy) is 1. The van der Waals surface area contributed by atoms with Crippen LogP contribution in [0.4, 0.5) is 0 Å². The van der Waals surface area contributed by atoms with E-state index in [0.29, 0.717) is 0 Å². The van der Waals surface area contributed by atoms with Crippen LogP contribution in [0, 0.1) is 6.92 Å². The molecule has 0 spiro atoms. The Morgan fingerprint density at radius 1 is 0.471 bits per heavy atom. The van der Waals surface area contributed by atoms with Gasteiger partial charge in [-0.15, -0.1) is 0 Å². The van der Waals surface area contributed by atoms with E-state index in [1.54, 1.807) is 7.11 Å². The van der Waals surface area contributed by atoms with E-state index in [2.05, 4.69) is 32.9 Å². The largest absolute Gasteiger partial charge is 0.497 e. The third-order valence-corrected chi connectivity index (χ3v) is 3.63. The van der Waals surface area contributed by atoms with Crippen molar-refractivity contribution in [2.24, 2.45) is 0 Å². The van der Waals surface area contributed by atoms with Crippen LogP contribution in [0.3, 0.4) is 0 Å². The van der Waals surface area contributed by atoms with Gasteiger partial charge in [-0.3, -0.25) is 0 Å². The van der Waals surface area contributed by atoms with Gasteiger partial charge in [0.15, 0.2) is 0 Å². The summed E-state index contributed by atoms with van der Waals surface area (Å²) < 4.78 is 4.91. The van der Waals surface area contributed by atoms with Crippen LogP contribution in [0.25, 0.3) is 0 Å². The number of benzene rings is 2. The molecule has 0 amide bonds. The summed E-state index contributed by atoms with van der Waals surface area (Å²) in [5, 5.41) is 0. The van der Waals surface area contributed by atoms with Gasteiger partial charge in [-0.25, -0.2) is 0 Å². The van der Waals surface area contributed by atoms with Gasteiger partial charge in [-0.05, 0) is 19.1 Å². The molecule has 0 aliphatic heterocycles. The molecule has 0 radical (unpaired) electrons. The number of para-hydroxylation sites is 1. The van der Waals surface area contributed by atoms with Crippen LogP contribution >= 0.6 is 0 Å². The van der Waals surface area contributed by atoms with Gasteiger partial charge in [0.1, 0.15) is 5.75 Å². The van der Waals surface area contributed by atoms with E-state index in [1.165, 1.54) is 50.5 Å². The van der Waals surface area contributed by atoms with E-state index in [0.717, 1.165) is 5.75 Å². The molecular weight excluding hydrogens is 412 g/mol. The fraction of sp³-hybridized carbons (Fsp3) is 0.636. The van der Waals surface area contributed by atoms with Crippen molar-refractivity contribution in [3.63, 3.8) is 0 Å². The molecule has 1 heteroatoms. The molecule has 1 nitrogen and oxygen atoms in total. The van der Waals surface area contributed by atoms with E-state index >= 15 is 0 Å². The normalized spacial score (nSPS) is 7.35. The fourth-order valence-corrected chi connectivity index (χ4v) is 2.12. The molecule has 0 aromatic heterocycles. The van der Waals surface area contributed by atoms with E-state index in [-0.39, 0.29) is 0 Å². The lowest BCUT2D eigenvalue weighted by Crippen LogP contribution is -1.78. The van der Waals surface area contributed by atoms with E-state index in [1.807, 2.05) is 118 Å². The molecule has 2 aromatic rings. The Morgan fingerprint density at radius 3 is 0.971 bits per heavy atom. The van der Waals surface area contributed by atoms with Gasteiger partial charge >= 0.3 is 0 Å². The third-order valence-electron chi connectivity index (χ3n) is 3.63.